The van der Waals surface area contributed by atoms with E-state index in [0.717, 1.165) is 55.9 Å². The van der Waals surface area contributed by atoms with Crippen molar-refractivity contribution in [2.75, 3.05) is 10.6 Å². The van der Waals surface area contributed by atoms with Gasteiger partial charge in [0.2, 0.25) is 0 Å². The van der Waals surface area contributed by atoms with Gasteiger partial charge in [-0.15, -0.1) is 0 Å². The number of aryl methyl sites for hydroxylation is 4. The summed E-state index contributed by atoms with van der Waals surface area (Å²) in [5, 5.41) is 9.41. The van der Waals surface area contributed by atoms with Gasteiger partial charge in [-0.1, -0.05) is 23.3 Å². The molecular formula is C28H26N4. The van der Waals surface area contributed by atoms with Crippen molar-refractivity contribution in [3.05, 3.63) is 95.3 Å². The molecule has 0 aliphatic heterocycles. The van der Waals surface area contributed by atoms with Gasteiger partial charge < -0.3 is 10.6 Å². The Morgan fingerprint density at radius 1 is 0.500 bits per heavy atom. The molecule has 0 saturated carbocycles. The molecule has 3 aromatic carbocycles. The monoisotopic (exact) mass is 418 g/mol. The van der Waals surface area contributed by atoms with Crippen LogP contribution in [-0.4, -0.2) is 9.97 Å². The van der Waals surface area contributed by atoms with Crippen molar-refractivity contribution in [3.8, 4) is 0 Å². The van der Waals surface area contributed by atoms with Crippen molar-refractivity contribution in [2.45, 2.75) is 27.7 Å². The van der Waals surface area contributed by atoms with Gasteiger partial charge in [0.05, 0.1) is 11.0 Å². The second kappa shape index (κ2) is 7.97. The molecule has 32 heavy (non-hydrogen) atoms. The summed E-state index contributed by atoms with van der Waals surface area (Å²) in [4.78, 5) is 9.33. The first kappa shape index (κ1) is 20.0. The molecule has 0 fully saturated rings. The summed E-state index contributed by atoms with van der Waals surface area (Å²) in [5.74, 6) is 0. The first-order valence-corrected chi connectivity index (χ1v) is 10.8. The zero-order chi connectivity index (χ0) is 22.2. The van der Waals surface area contributed by atoms with E-state index in [2.05, 4.69) is 107 Å². The maximum Gasteiger partial charge on any atom is 0.0726 e. The number of rotatable bonds is 4. The number of fused-ring (bicyclic) bond motifs is 2. The minimum absolute atomic E-state index is 0.998. The van der Waals surface area contributed by atoms with E-state index in [1.54, 1.807) is 0 Å². The molecule has 0 unspecified atom stereocenters. The second-order valence-corrected chi connectivity index (χ2v) is 8.49. The Morgan fingerprint density at radius 3 is 1.31 bits per heavy atom. The fourth-order valence-corrected chi connectivity index (χ4v) is 4.10. The molecule has 5 rings (SSSR count). The Kier molecular flexibility index (Phi) is 4.98. The number of hydrogen-bond donors (Lipinski definition) is 2. The summed E-state index contributed by atoms with van der Waals surface area (Å²) in [6, 6.07) is 25.3. The van der Waals surface area contributed by atoms with Gasteiger partial charge in [-0.25, -0.2) is 0 Å². The Hall–Kier alpha value is -3.92. The minimum Gasteiger partial charge on any atom is -0.355 e. The largest absolute Gasteiger partial charge is 0.355 e. The van der Waals surface area contributed by atoms with Crippen molar-refractivity contribution >= 4 is 44.6 Å². The summed E-state index contributed by atoms with van der Waals surface area (Å²) in [7, 11) is 0. The lowest BCUT2D eigenvalue weighted by Gasteiger charge is -2.14. The third-order valence-corrected chi connectivity index (χ3v) is 5.63. The average Bonchev–Trinajstić information content (AvgIpc) is 2.76. The van der Waals surface area contributed by atoms with Gasteiger partial charge in [0.15, 0.2) is 0 Å². The molecule has 0 atom stereocenters. The van der Waals surface area contributed by atoms with Gasteiger partial charge in [0, 0.05) is 44.9 Å². The molecule has 2 N–H and O–H groups in total. The number of hydrogen-bond acceptors (Lipinski definition) is 4. The van der Waals surface area contributed by atoms with E-state index in [9.17, 15) is 0 Å². The highest BCUT2D eigenvalue weighted by atomic mass is 14.9. The third kappa shape index (κ3) is 4.00. The number of aromatic nitrogens is 2. The van der Waals surface area contributed by atoms with Crippen molar-refractivity contribution in [1.82, 2.24) is 9.97 Å². The zero-order valence-corrected chi connectivity index (χ0v) is 18.8. The third-order valence-electron chi connectivity index (χ3n) is 5.63. The Labute approximate surface area is 188 Å². The van der Waals surface area contributed by atoms with Crippen LogP contribution in [0.2, 0.25) is 0 Å². The summed E-state index contributed by atoms with van der Waals surface area (Å²) in [6.45, 7) is 8.27. The van der Waals surface area contributed by atoms with Gasteiger partial charge in [-0.3, -0.25) is 9.97 Å². The second-order valence-electron chi connectivity index (χ2n) is 8.49. The molecule has 0 saturated heterocycles. The van der Waals surface area contributed by atoms with E-state index in [1.165, 1.54) is 11.1 Å². The van der Waals surface area contributed by atoms with Crippen molar-refractivity contribution in [2.24, 2.45) is 0 Å². The van der Waals surface area contributed by atoms with Crippen molar-refractivity contribution in [3.63, 3.8) is 0 Å². The van der Waals surface area contributed by atoms with Crippen LogP contribution < -0.4 is 10.6 Å². The summed E-state index contributed by atoms with van der Waals surface area (Å²) in [5.41, 5.74) is 10.7. The smallest absolute Gasteiger partial charge is 0.0726 e. The Morgan fingerprint density at radius 2 is 0.906 bits per heavy atom. The van der Waals surface area contributed by atoms with Gasteiger partial charge in [0.1, 0.15) is 0 Å². The molecule has 0 aliphatic rings. The number of nitrogens with zero attached hydrogens (tertiary/aromatic N) is 2. The van der Waals surface area contributed by atoms with Crippen molar-refractivity contribution in [1.29, 1.82) is 0 Å². The van der Waals surface area contributed by atoms with Crippen LogP contribution >= 0.6 is 0 Å². The Balaban J connectivity index is 1.44. The van der Waals surface area contributed by atoms with E-state index >= 15 is 0 Å². The molecule has 0 amide bonds. The van der Waals surface area contributed by atoms with E-state index in [0.29, 0.717) is 0 Å². The number of pyridine rings is 2. The molecule has 4 nitrogen and oxygen atoms in total. The fraction of sp³-hybridized carbons (Fsp3) is 0.143. The van der Waals surface area contributed by atoms with Gasteiger partial charge in [-0.2, -0.15) is 0 Å². The zero-order valence-electron chi connectivity index (χ0n) is 18.8. The van der Waals surface area contributed by atoms with Gasteiger partial charge >= 0.3 is 0 Å². The summed E-state index contributed by atoms with van der Waals surface area (Å²) in [6.07, 6.45) is 0. The van der Waals surface area contributed by atoms with E-state index in [1.807, 2.05) is 13.8 Å². The SMILES string of the molecule is Cc1ccc2nc(C)cc(Nc3ccc(Nc4cc(C)nc5ccc(C)cc45)cc3)c2c1. The normalized spacial score (nSPS) is 11.1. The number of anilines is 4. The van der Waals surface area contributed by atoms with Crippen LogP contribution in [-0.2, 0) is 0 Å². The number of benzene rings is 3. The molecule has 158 valence electrons. The van der Waals surface area contributed by atoms with Crippen LogP contribution in [0.15, 0.2) is 72.8 Å². The molecule has 0 spiro atoms. The van der Waals surface area contributed by atoms with Crippen LogP contribution in [0.25, 0.3) is 21.8 Å². The van der Waals surface area contributed by atoms with Crippen LogP contribution in [0.5, 0.6) is 0 Å². The lowest BCUT2D eigenvalue weighted by molar-refractivity contribution is 1.25. The lowest BCUT2D eigenvalue weighted by Crippen LogP contribution is -1.97. The first-order valence-electron chi connectivity index (χ1n) is 10.8. The molecule has 4 heteroatoms. The van der Waals surface area contributed by atoms with Crippen LogP contribution in [0.4, 0.5) is 22.7 Å². The highest BCUT2D eigenvalue weighted by Gasteiger charge is 2.07. The lowest BCUT2D eigenvalue weighted by atomic mass is 10.1. The van der Waals surface area contributed by atoms with E-state index in [4.69, 9.17) is 0 Å². The molecule has 0 bridgehead atoms. The van der Waals surface area contributed by atoms with Crippen LogP contribution in [0, 0.1) is 27.7 Å². The van der Waals surface area contributed by atoms with E-state index < -0.39 is 0 Å². The fourth-order valence-electron chi connectivity index (χ4n) is 4.10. The topological polar surface area (TPSA) is 49.8 Å². The predicted molar refractivity (Wildman–Crippen MR) is 135 cm³/mol. The van der Waals surface area contributed by atoms with E-state index in [-0.39, 0.29) is 0 Å². The standard InChI is InChI=1S/C28H26N4/c1-17-5-11-25-23(13-17)27(15-19(3)29-25)31-21-7-9-22(10-8-21)32-28-16-20(4)30-26-12-6-18(2)14-24(26)28/h5-16H,1-4H3,(H,29,31)(H,30,32). The van der Waals surface area contributed by atoms with Gasteiger partial charge in [0.25, 0.3) is 0 Å². The minimum atomic E-state index is 0.998. The molecule has 2 heterocycles. The van der Waals surface area contributed by atoms with Crippen molar-refractivity contribution < 1.29 is 0 Å². The van der Waals surface area contributed by atoms with Crippen LogP contribution in [0.1, 0.15) is 22.5 Å². The number of nitrogens with one attached hydrogen (secondary N) is 2. The molecule has 5 aromatic rings. The molecular weight excluding hydrogens is 392 g/mol. The Bertz CT molecular complexity index is 1340. The van der Waals surface area contributed by atoms with Gasteiger partial charge in [-0.05, 0) is 88.4 Å². The molecule has 0 radical (unpaired) electrons. The maximum absolute atomic E-state index is 4.66. The molecule has 0 aliphatic carbocycles. The highest BCUT2D eigenvalue weighted by molar-refractivity contribution is 5.95. The van der Waals surface area contributed by atoms with Crippen LogP contribution in [0.3, 0.4) is 0 Å². The average molecular weight is 419 g/mol. The maximum atomic E-state index is 4.66. The molecule has 2 aromatic heterocycles. The summed E-state index contributed by atoms with van der Waals surface area (Å²) < 4.78 is 0. The quantitative estimate of drug-likeness (QED) is 0.317. The predicted octanol–water partition coefficient (Wildman–Crippen LogP) is 7.50. The summed E-state index contributed by atoms with van der Waals surface area (Å²) >= 11 is 0. The highest BCUT2D eigenvalue weighted by Crippen LogP contribution is 2.30. The first-order chi connectivity index (χ1) is 15.4.